The predicted molar refractivity (Wildman–Crippen MR) is 64.2 cm³/mol. The Morgan fingerprint density at radius 2 is 2.12 bits per heavy atom. The highest BCUT2D eigenvalue weighted by atomic mass is 16.5. The summed E-state index contributed by atoms with van der Waals surface area (Å²) in [6.45, 7) is 3.05. The summed E-state index contributed by atoms with van der Waals surface area (Å²) in [6, 6.07) is 0. The minimum atomic E-state index is -0.273. The Bertz CT molecular complexity index is 269. The summed E-state index contributed by atoms with van der Waals surface area (Å²) in [5, 5.41) is 2.73. The maximum absolute atomic E-state index is 11.6. The molecule has 1 rings (SSSR count). The average Bonchev–Trinajstić information content (AvgIpc) is 2.24. The van der Waals surface area contributed by atoms with Crippen LogP contribution in [-0.2, 0) is 14.3 Å². The van der Waals surface area contributed by atoms with Gasteiger partial charge in [0.1, 0.15) is 0 Å². The van der Waals surface area contributed by atoms with Crippen LogP contribution in [0.1, 0.15) is 39.0 Å². The first-order valence-electron chi connectivity index (χ1n) is 6.24. The van der Waals surface area contributed by atoms with Crippen LogP contribution in [0.2, 0.25) is 0 Å². The molecule has 5 heteroatoms. The van der Waals surface area contributed by atoms with E-state index in [4.69, 9.17) is 10.5 Å². The zero-order valence-electron chi connectivity index (χ0n) is 10.5. The Hall–Kier alpha value is -1.10. The molecule has 1 aliphatic carbocycles. The monoisotopic (exact) mass is 242 g/mol. The van der Waals surface area contributed by atoms with Gasteiger partial charge in [0.15, 0.2) is 0 Å². The van der Waals surface area contributed by atoms with Crippen LogP contribution in [0.15, 0.2) is 0 Å². The van der Waals surface area contributed by atoms with E-state index in [9.17, 15) is 9.59 Å². The van der Waals surface area contributed by atoms with Gasteiger partial charge in [-0.15, -0.1) is 0 Å². The summed E-state index contributed by atoms with van der Waals surface area (Å²) < 4.78 is 4.77. The Balaban J connectivity index is 2.15. The first-order valence-corrected chi connectivity index (χ1v) is 6.24. The van der Waals surface area contributed by atoms with Crippen molar-refractivity contribution in [3.8, 4) is 0 Å². The van der Waals surface area contributed by atoms with Crippen molar-refractivity contribution in [1.82, 2.24) is 5.32 Å². The first kappa shape index (κ1) is 14.0. The van der Waals surface area contributed by atoms with Crippen molar-refractivity contribution in [2.45, 2.75) is 39.0 Å². The van der Waals surface area contributed by atoms with Crippen molar-refractivity contribution in [3.05, 3.63) is 0 Å². The largest absolute Gasteiger partial charge is 0.466 e. The van der Waals surface area contributed by atoms with E-state index in [1.807, 2.05) is 0 Å². The highest BCUT2D eigenvalue weighted by Gasteiger charge is 2.37. The van der Waals surface area contributed by atoms with E-state index in [2.05, 4.69) is 5.32 Å². The summed E-state index contributed by atoms with van der Waals surface area (Å²) in [5.74, 6) is -0.288. The summed E-state index contributed by atoms with van der Waals surface area (Å²) in [4.78, 5) is 22.7. The Morgan fingerprint density at radius 3 is 2.59 bits per heavy atom. The predicted octanol–water partition coefficient (Wildman–Crippen LogP) is 0.575. The van der Waals surface area contributed by atoms with Gasteiger partial charge in [-0.2, -0.15) is 0 Å². The van der Waals surface area contributed by atoms with Crippen molar-refractivity contribution < 1.29 is 14.3 Å². The van der Waals surface area contributed by atoms with Gasteiger partial charge in [0.05, 0.1) is 13.0 Å². The summed E-state index contributed by atoms with van der Waals surface area (Å²) in [5.41, 5.74) is 5.70. The molecule has 0 aliphatic heterocycles. The maximum Gasteiger partial charge on any atom is 0.307 e. The third-order valence-corrected chi connectivity index (χ3v) is 3.34. The topological polar surface area (TPSA) is 81.4 Å². The number of carbonyl (C=O) groups is 2. The van der Waals surface area contributed by atoms with Crippen molar-refractivity contribution in [2.24, 2.45) is 11.1 Å². The number of esters is 1. The molecule has 0 atom stereocenters. The molecule has 0 aromatic rings. The fourth-order valence-corrected chi connectivity index (χ4v) is 2.07. The molecule has 3 N–H and O–H groups in total. The van der Waals surface area contributed by atoms with Gasteiger partial charge in [0, 0.05) is 13.0 Å². The van der Waals surface area contributed by atoms with Crippen LogP contribution < -0.4 is 11.1 Å². The lowest BCUT2D eigenvalue weighted by Crippen LogP contribution is -2.42. The zero-order chi connectivity index (χ0) is 12.7. The minimum absolute atomic E-state index is 0.0144. The molecule has 0 heterocycles. The van der Waals surface area contributed by atoms with E-state index in [0.29, 0.717) is 26.1 Å². The summed E-state index contributed by atoms with van der Waals surface area (Å²) in [7, 11) is 0. The number of hydrogen-bond acceptors (Lipinski definition) is 4. The summed E-state index contributed by atoms with van der Waals surface area (Å²) >= 11 is 0. The van der Waals surface area contributed by atoms with E-state index in [1.54, 1.807) is 6.92 Å². The highest BCUT2D eigenvalue weighted by Crippen LogP contribution is 2.42. The van der Waals surface area contributed by atoms with Crippen LogP contribution >= 0.6 is 0 Å². The van der Waals surface area contributed by atoms with Crippen LogP contribution in [0.5, 0.6) is 0 Å². The number of carbonyl (C=O) groups excluding carboxylic acids is 2. The molecule has 1 saturated carbocycles. The van der Waals surface area contributed by atoms with Gasteiger partial charge in [0.25, 0.3) is 0 Å². The van der Waals surface area contributed by atoms with Crippen LogP contribution in [0.4, 0.5) is 0 Å². The van der Waals surface area contributed by atoms with Gasteiger partial charge in [-0.25, -0.2) is 0 Å². The molecule has 0 aromatic carbocycles. The van der Waals surface area contributed by atoms with Gasteiger partial charge < -0.3 is 15.8 Å². The van der Waals surface area contributed by atoms with Gasteiger partial charge in [0.2, 0.25) is 5.91 Å². The number of nitrogens with two attached hydrogens (primary N) is 1. The van der Waals surface area contributed by atoms with Gasteiger partial charge in [-0.05, 0) is 31.7 Å². The molecule has 1 aliphatic rings. The van der Waals surface area contributed by atoms with Crippen LogP contribution in [0.25, 0.3) is 0 Å². The normalized spacial score (nSPS) is 17.1. The zero-order valence-corrected chi connectivity index (χ0v) is 10.5. The second kappa shape index (κ2) is 6.59. The van der Waals surface area contributed by atoms with Crippen molar-refractivity contribution >= 4 is 11.9 Å². The van der Waals surface area contributed by atoms with Gasteiger partial charge in [-0.3, -0.25) is 9.59 Å². The lowest BCUT2D eigenvalue weighted by molar-refractivity contribution is -0.143. The molecule has 98 valence electrons. The molecule has 1 amide bonds. The van der Waals surface area contributed by atoms with E-state index in [-0.39, 0.29) is 23.7 Å². The van der Waals surface area contributed by atoms with E-state index < -0.39 is 0 Å². The SMILES string of the molecule is CCOC(=O)CCNC(=O)CC1(CN)CCC1. The highest BCUT2D eigenvalue weighted by molar-refractivity contribution is 5.77. The Morgan fingerprint density at radius 1 is 1.41 bits per heavy atom. The van der Waals surface area contributed by atoms with Gasteiger partial charge in [-0.1, -0.05) is 6.42 Å². The Labute approximate surface area is 102 Å². The molecule has 0 saturated heterocycles. The molecule has 17 heavy (non-hydrogen) atoms. The molecule has 0 aromatic heterocycles. The number of rotatable bonds is 7. The van der Waals surface area contributed by atoms with Crippen LogP contribution in [0, 0.1) is 5.41 Å². The maximum atomic E-state index is 11.6. The number of ether oxygens (including phenoxy) is 1. The van der Waals surface area contributed by atoms with Crippen LogP contribution in [-0.4, -0.2) is 31.6 Å². The molecule has 1 fully saturated rings. The fraction of sp³-hybridized carbons (Fsp3) is 0.833. The van der Waals surface area contributed by atoms with E-state index in [0.717, 1.165) is 19.3 Å². The second-order valence-electron chi connectivity index (χ2n) is 4.64. The van der Waals surface area contributed by atoms with E-state index >= 15 is 0 Å². The lowest BCUT2D eigenvalue weighted by atomic mass is 9.66. The van der Waals surface area contributed by atoms with Crippen molar-refractivity contribution in [1.29, 1.82) is 0 Å². The quantitative estimate of drug-likeness (QED) is 0.640. The standard InChI is InChI=1S/C12H22N2O3/c1-2-17-11(16)4-7-14-10(15)8-12(9-13)5-3-6-12/h2-9,13H2,1H3,(H,14,15). The second-order valence-corrected chi connectivity index (χ2v) is 4.64. The molecule has 0 unspecified atom stereocenters. The molecule has 0 radical (unpaired) electrons. The van der Waals surface area contributed by atoms with E-state index in [1.165, 1.54) is 0 Å². The molecular formula is C12H22N2O3. The van der Waals surface area contributed by atoms with Crippen molar-refractivity contribution in [3.63, 3.8) is 0 Å². The molecular weight excluding hydrogens is 220 g/mol. The Kier molecular flexibility index (Phi) is 5.41. The number of hydrogen-bond donors (Lipinski definition) is 2. The third-order valence-electron chi connectivity index (χ3n) is 3.34. The minimum Gasteiger partial charge on any atom is -0.466 e. The molecule has 0 bridgehead atoms. The third kappa shape index (κ3) is 4.34. The summed E-state index contributed by atoms with van der Waals surface area (Å²) in [6.07, 6.45) is 3.94. The smallest absolute Gasteiger partial charge is 0.307 e. The van der Waals surface area contributed by atoms with Crippen LogP contribution in [0.3, 0.4) is 0 Å². The number of amides is 1. The van der Waals surface area contributed by atoms with Gasteiger partial charge >= 0.3 is 5.97 Å². The number of nitrogens with one attached hydrogen (secondary N) is 1. The fourth-order valence-electron chi connectivity index (χ4n) is 2.07. The van der Waals surface area contributed by atoms with Crippen molar-refractivity contribution in [2.75, 3.05) is 19.7 Å². The lowest BCUT2D eigenvalue weighted by Gasteiger charge is -2.40. The molecule has 5 nitrogen and oxygen atoms in total. The molecule has 0 spiro atoms. The average molecular weight is 242 g/mol. The first-order chi connectivity index (χ1) is 8.12.